The molecule has 1 aromatic heterocycles. The van der Waals surface area contributed by atoms with Crippen LogP contribution in [-0.4, -0.2) is 29.0 Å². The summed E-state index contributed by atoms with van der Waals surface area (Å²) in [5, 5.41) is 4.29. The summed E-state index contributed by atoms with van der Waals surface area (Å²) in [4.78, 5) is 4.52. The van der Waals surface area contributed by atoms with Crippen LogP contribution in [0.2, 0.25) is 0 Å². The highest BCUT2D eigenvalue weighted by molar-refractivity contribution is 5.82. The average molecular weight is 338 g/mol. The Morgan fingerprint density at radius 1 is 1.08 bits per heavy atom. The van der Waals surface area contributed by atoms with Gasteiger partial charge in [-0.1, -0.05) is 12.1 Å². The van der Waals surface area contributed by atoms with Gasteiger partial charge in [-0.2, -0.15) is 5.10 Å². The number of nitrogens with zero attached hydrogens (tertiary/aromatic N) is 3. The minimum Gasteiger partial charge on any atom is -0.490 e. The molecule has 2 aromatic carbocycles. The number of anilines is 1. The van der Waals surface area contributed by atoms with Crippen molar-refractivity contribution in [3.8, 4) is 11.5 Å². The monoisotopic (exact) mass is 338 g/mol. The van der Waals surface area contributed by atoms with Gasteiger partial charge in [0.15, 0.2) is 11.5 Å². The van der Waals surface area contributed by atoms with Crippen molar-refractivity contribution in [1.82, 2.24) is 9.55 Å². The van der Waals surface area contributed by atoms with Crippen LogP contribution in [0.5, 0.6) is 11.5 Å². The van der Waals surface area contributed by atoms with E-state index in [1.807, 2.05) is 67.9 Å². The number of rotatable bonds is 7. The first kappa shape index (κ1) is 16.8. The highest BCUT2D eigenvalue weighted by Crippen LogP contribution is 2.28. The van der Waals surface area contributed by atoms with Crippen LogP contribution in [-0.2, 0) is 7.05 Å². The largest absolute Gasteiger partial charge is 0.490 e. The molecule has 0 saturated carbocycles. The number of hydrogen-bond donors (Lipinski definition) is 1. The summed E-state index contributed by atoms with van der Waals surface area (Å²) in [6, 6.07) is 13.7. The molecule has 6 heteroatoms. The van der Waals surface area contributed by atoms with E-state index in [1.54, 1.807) is 6.21 Å². The molecule has 0 aliphatic heterocycles. The molecule has 0 radical (unpaired) electrons. The first-order valence-corrected chi connectivity index (χ1v) is 8.33. The minimum atomic E-state index is 0.582. The van der Waals surface area contributed by atoms with Gasteiger partial charge >= 0.3 is 0 Å². The van der Waals surface area contributed by atoms with E-state index in [2.05, 4.69) is 15.5 Å². The van der Waals surface area contributed by atoms with Crippen molar-refractivity contribution in [2.45, 2.75) is 13.8 Å². The summed E-state index contributed by atoms with van der Waals surface area (Å²) in [7, 11) is 1.96. The molecule has 0 fully saturated rings. The molecule has 0 unspecified atom stereocenters. The molecule has 0 aliphatic carbocycles. The summed E-state index contributed by atoms with van der Waals surface area (Å²) in [5.74, 6) is 2.15. The average Bonchev–Trinajstić information content (AvgIpc) is 2.94. The van der Waals surface area contributed by atoms with E-state index in [4.69, 9.17) is 9.47 Å². The lowest BCUT2D eigenvalue weighted by Crippen LogP contribution is -2.00. The zero-order valence-corrected chi connectivity index (χ0v) is 14.7. The highest BCUT2D eigenvalue weighted by atomic mass is 16.5. The van der Waals surface area contributed by atoms with Crippen molar-refractivity contribution in [3.05, 3.63) is 48.0 Å². The van der Waals surface area contributed by atoms with Crippen LogP contribution >= 0.6 is 0 Å². The van der Waals surface area contributed by atoms with Gasteiger partial charge in [0.1, 0.15) is 0 Å². The van der Waals surface area contributed by atoms with E-state index < -0.39 is 0 Å². The fourth-order valence-electron chi connectivity index (χ4n) is 2.56. The maximum atomic E-state index is 5.63. The van der Waals surface area contributed by atoms with Crippen molar-refractivity contribution in [1.29, 1.82) is 0 Å². The van der Waals surface area contributed by atoms with Gasteiger partial charge in [0.2, 0.25) is 5.95 Å². The smallest absolute Gasteiger partial charge is 0.224 e. The van der Waals surface area contributed by atoms with Crippen LogP contribution in [0.15, 0.2) is 47.6 Å². The molecule has 1 N–H and O–H groups in total. The SMILES string of the molecule is CCOc1ccc(/C=N\Nc2nc3ccccc3n2C)cc1OCC. The van der Waals surface area contributed by atoms with Gasteiger partial charge < -0.3 is 14.0 Å². The normalized spacial score (nSPS) is 11.2. The molecule has 0 bridgehead atoms. The molecule has 1 heterocycles. The first-order chi connectivity index (χ1) is 12.2. The number of ether oxygens (including phenoxy) is 2. The molecule has 3 aromatic rings. The predicted octanol–water partition coefficient (Wildman–Crippen LogP) is 3.82. The Bertz CT molecular complexity index is 886. The second kappa shape index (κ2) is 7.70. The summed E-state index contributed by atoms with van der Waals surface area (Å²) < 4.78 is 13.2. The Balaban J connectivity index is 1.77. The molecule has 0 amide bonds. The lowest BCUT2D eigenvalue weighted by Gasteiger charge is -2.11. The van der Waals surface area contributed by atoms with Gasteiger partial charge in [0.05, 0.1) is 30.5 Å². The number of fused-ring (bicyclic) bond motifs is 1. The van der Waals surface area contributed by atoms with Gasteiger partial charge in [0.25, 0.3) is 0 Å². The molecule has 6 nitrogen and oxygen atoms in total. The lowest BCUT2D eigenvalue weighted by molar-refractivity contribution is 0.288. The van der Waals surface area contributed by atoms with Crippen molar-refractivity contribution in [3.63, 3.8) is 0 Å². The number of hydrazone groups is 1. The molecule has 0 saturated heterocycles. The zero-order valence-electron chi connectivity index (χ0n) is 14.7. The Hall–Kier alpha value is -3.02. The van der Waals surface area contributed by atoms with Crippen LogP contribution in [0.3, 0.4) is 0 Å². The number of nitrogens with one attached hydrogen (secondary N) is 1. The van der Waals surface area contributed by atoms with Crippen LogP contribution in [0.25, 0.3) is 11.0 Å². The second-order valence-electron chi connectivity index (χ2n) is 5.43. The van der Waals surface area contributed by atoms with Crippen LogP contribution < -0.4 is 14.9 Å². The Morgan fingerprint density at radius 2 is 1.84 bits per heavy atom. The quantitative estimate of drug-likeness (QED) is 0.525. The molecule has 0 atom stereocenters. The third kappa shape index (κ3) is 3.74. The maximum Gasteiger partial charge on any atom is 0.224 e. The van der Waals surface area contributed by atoms with Crippen molar-refractivity contribution >= 4 is 23.2 Å². The molecular weight excluding hydrogens is 316 g/mol. The molecular formula is C19H22N4O2. The van der Waals surface area contributed by atoms with E-state index >= 15 is 0 Å². The van der Waals surface area contributed by atoms with Gasteiger partial charge in [-0.3, -0.25) is 0 Å². The topological polar surface area (TPSA) is 60.7 Å². The van der Waals surface area contributed by atoms with E-state index in [0.717, 1.165) is 28.1 Å². The van der Waals surface area contributed by atoms with Gasteiger partial charge in [0, 0.05) is 7.05 Å². The van der Waals surface area contributed by atoms with E-state index in [9.17, 15) is 0 Å². The van der Waals surface area contributed by atoms with E-state index in [-0.39, 0.29) is 0 Å². The molecule has 0 aliphatic rings. The fraction of sp³-hybridized carbons (Fsp3) is 0.263. The number of hydrogen-bond acceptors (Lipinski definition) is 5. The third-order valence-electron chi connectivity index (χ3n) is 3.73. The second-order valence-corrected chi connectivity index (χ2v) is 5.43. The van der Waals surface area contributed by atoms with Gasteiger partial charge in [-0.05, 0) is 49.7 Å². The van der Waals surface area contributed by atoms with Crippen LogP contribution in [0, 0.1) is 0 Å². The number of imidazole rings is 1. The van der Waals surface area contributed by atoms with Gasteiger partial charge in [-0.15, -0.1) is 0 Å². The number of aromatic nitrogens is 2. The Labute approximate surface area is 147 Å². The number of aryl methyl sites for hydroxylation is 1. The molecule has 25 heavy (non-hydrogen) atoms. The standard InChI is InChI=1S/C19H22N4O2/c1-4-24-17-11-10-14(12-18(17)25-5-2)13-20-22-19-21-15-8-6-7-9-16(15)23(19)3/h6-13H,4-5H2,1-3H3,(H,21,22)/b20-13-. The summed E-state index contributed by atoms with van der Waals surface area (Å²) >= 11 is 0. The van der Waals surface area contributed by atoms with Gasteiger partial charge in [-0.25, -0.2) is 10.4 Å². The highest BCUT2D eigenvalue weighted by Gasteiger charge is 2.06. The molecule has 3 rings (SSSR count). The van der Waals surface area contributed by atoms with Crippen molar-refractivity contribution < 1.29 is 9.47 Å². The molecule has 130 valence electrons. The summed E-state index contributed by atoms with van der Waals surface area (Å²) in [6.07, 6.45) is 1.73. The van der Waals surface area contributed by atoms with E-state index in [1.165, 1.54) is 0 Å². The van der Waals surface area contributed by atoms with Crippen LogP contribution in [0.4, 0.5) is 5.95 Å². The Morgan fingerprint density at radius 3 is 2.60 bits per heavy atom. The van der Waals surface area contributed by atoms with E-state index in [0.29, 0.717) is 19.2 Å². The third-order valence-corrected chi connectivity index (χ3v) is 3.73. The van der Waals surface area contributed by atoms with Crippen molar-refractivity contribution in [2.75, 3.05) is 18.6 Å². The predicted molar refractivity (Wildman–Crippen MR) is 101 cm³/mol. The summed E-state index contributed by atoms with van der Waals surface area (Å²) in [5.41, 5.74) is 5.89. The minimum absolute atomic E-state index is 0.582. The Kier molecular flexibility index (Phi) is 5.18. The summed E-state index contributed by atoms with van der Waals surface area (Å²) in [6.45, 7) is 5.08. The molecule has 0 spiro atoms. The number of benzene rings is 2. The first-order valence-electron chi connectivity index (χ1n) is 8.33. The van der Waals surface area contributed by atoms with Crippen molar-refractivity contribution in [2.24, 2.45) is 12.1 Å². The lowest BCUT2D eigenvalue weighted by atomic mass is 10.2. The fourth-order valence-corrected chi connectivity index (χ4v) is 2.56. The zero-order chi connectivity index (χ0) is 17.6. The maximum absolute atomic E-state index is 5.63. The van der Waals surface area contributed by atoms with Crippen LogP contribution in [0.1, 0.15) is 19.4 Å². The number of para-hydroxylation sites is 2.